The molecule has 7 nitrogen and oxygen atoms in total. The number of ether oxygens (including phenoxy) is 1. The van der Waals surface area contributed by atoms with Crippen LogP contribution in [0.25, 0.3) is 33.5 Å². The minimum absolute atomic E-state index is 0.125. The van der Waals surface area contributed by atoms with Gasteiger partial charge in [-0.3, -0.25) is 9.69 Å². The molecule has 1 aliphatic rings. The van der Waals surface area contributed by atoms with Crippen molar-refractivity contribution in [2.45, 2.75) is 19.4 Å². The van der Waals surface area contributed by atoms with Gasteiger partial charge in [0.15, 0.2) is 5.76 Å². The Morgan fingerprint density at radius 3 is 2.43 bits per heavy atom. The van der Waals surface area contributed by atoms with Crippen LogP contribution in [0.3, 0.4) is 0 Å². The first kappa shape index (κ1) is 23.4. The van der Waals surface area contributed by atoms with Crippen LogP contribution in [0.1, 0.15) is 24.4 Å². The van der Waals surface area contributed by atoms with Gasteiger partial charge in [0.2, 0.25) is 11.5 Å². The molecule has 0 unspecified atom stereocenters. The molecule has 5 rings (SSSR count). The minimum Gasteiger partial charge on any atom is -0.447 e. The number of hydrogen-bond acceptors (Lipinski definition) is 6. The van der Waals surface area contributed by atoms with Crippen LogP contribution in [0.2, 0.25) is 10.0 Å². The molecule has 1 N–H and O–H groups in total. The largest absolute Gasteiger partial charge is 0.447 e. The quantitative estimate of drug-likeness (QED) is 0.313. The van der Waals surface area contributed by atoms with Crippen molar-refractivity contribution < 1.29 is 23.8 Å². The van der Waals surface area contributed by atoms with Gasteiger partial charge < -0.3 is 14.3 Å². The number of carbonyl (C=O) groups is 2. The number of halogens is 2. The lowest BCUT2D eigenvalue weighted by Crippen LogP contribution is -2.33. The number of ketones is 1. The standard InChI is InChI=1S/C26H20Cl2N2O5/c1-26(2,33)23(31)22-21(30-11-12-34-25(30)32)18-13-17(14-7-9-15(27)10-8-14)20(29-24(18)35-22)16-5-3-4-6-19(16)28/h3-10,13,33H,11-12H2,1-2H3. The van der Waals surface area contributed by atoms with Gasteiger partial charge in [-0.05, 0) is 43.7 Å². The molecule has 2 aromatic carbocycles. The second-order valence-electron chi connectivity index (χ2n) is 8.66. The molecule has 0 radical (unpaired) electrons. The molecule has 4 aromatic rings. The van der Waals surface area contributed by atoms with Crippen molar-refractivity contribution in [2.75, 3.05) is 18.1 Å². The molecule has 0 aliphatic carbocycles. The first-order chi connectivity index (χ1) is 16.6. The Morgan fingerprint density at radius 1 is 1.09 bits per heavy atom. The summed E-state index contributed by atoms with van der Waals surface area (Å²) >= 11 is 12.6. The average molecular weight is 511 g/mol. The number of furan rings is 1. The zero-order valence-corrected chi connectivity index (χ0v) is 20.4. The van der Waals surface area contributed by atoms with Gasteiger partial charge >= 0.3 is 6.09 Å². The number of cyclic esters (lactones) is 1. The van der Waals surface area contributed by atoms with Crippen molar-refractivity contribution in [2.24, 2.45) is 0 Å². The van der Waals surface area contributed by atoms with E-state index >= 15 is 0 Å². The van der Waals surface area contributed by atoms with E-state index in [2.05, 4.69) is 0 Å². The SMILES string of the molecule is CC(C)(O)C(=O)c1oc2nc(-c3ccccc3Cl)c(-c3ccc(Cl)cc3)cc2c1N1CCOC1=O. The van der Waals surface area contributed by atoms with E-state index in [1.54, 1.807) is 24.3 Å². The predicted octanol–water partition coefficient (Wildman–Crippen LogP) is 6.38. The second-order valence-corrected chi connectivity index (χ2v) is 9.50. The summed E-state index contributed by atoms with van der Waals surface area (Å²) in [5, 5.41) is 11.9. The number of amides is 1. The number of nitrogens with zero attached hydrogens (tertiary/aromatic N) is 2. The van der Waals surface area contributed by atoms with Gasteiger partial charge in [0.05, 0.1) is 17.6 Å². The van der Waals surface area contributed by atoms with E-state index in [1.807, 2.05) is 30.3 Å². The summed E-state index contributed by atoms with van der Waals surface area (Å²) in [5.41, 5.74) is 1.27. The smallest absolute Gasteiger partial charge is 0.414 e. The molecule has 1 saturated heterocycles. The Hall–Kier alpha value is -3.39. The van der Waals surface area contributed by atoms with E-state index in [-0.39, 0.29) is 30.3 Å². The first-order valence-corrected chi connectivity index (χ1v) is 11.6. The molecule has 178 valence electrons. The Balaban J connectivity index is 1.85. The molecule has 35 heavy (non-hydrogen) atoms. The molecule has 2 aromatic heterocycles. The number of fused-ring (bicyclic) bond motifs is 1. The topological polar surface area (TPSA) is 92.9 Å². The number of pyridine rings is 1. The van der Waals surface area contributed by atoms with Crippen molar-refractivity contribution in [3.8, 4) is 22.4 Å². The highest BCUT2D eigenvalue weighted by molar-refractivity contribution is 6.33. The van der Waals surface area contributed by atoms with Crippen LogP contribution in [0, 0.1) is 0 Å². The summed E-state index contributed by atoms with van der Waals surface area (Å²) < 4.78 is 11.0. The zero-order valence-electron chi connectivity index (χ0n) is 18.8. The third-order valence-electron chi connectivity index (χ3n) is 5.73. The molecule has 0 spiro atoms. The van der Waals surface area contributed by atoms with E-state index in [9.17, 15) is 14.7 Å². The molecular weight excluding hydrogens is 491 g/mol. The van der Waals surface area contributed by atoms with Gasteiger partial charge in [0.1, 0.15) is 17.9 Å². The number of hydrogen-bond donors (Lipinski definition) is 1. The zero-order chi connectivity index (χ0) is 24.9. The number of benzene rings is 2. The molecule has 0 bridgehead atoms. The van der Waals surface area contributed by atoms with Crippen LogP contribution in [-0.4, -0.2) is 40.7 Å². The van der Waals surface area contributed by atoms with Crippen molar-refractivity contribution in [1.82, 2.24) is 4.98 Å². The molecule has 0 saturated carbocycles. The van der Waals surface area contributed by atoms with E-state index in [0.717, 1.165) is 5.56 Å². The van der Waals surface area contributed by atoms with Crippen LogP contribution in [0.5, 0.6) is 0 Å². The maximum absolute atomic E-state index is 13.1. The van der Waals surface area contributed by atoms with Crippen LogP contribution < -0.4 is 4.90 Å². The molecule has 1 amide bonds. The number of aromatic nitrogens is 1. The average Bonchev–Trinajstić information content (AvgIpc) is 3.40. The number of aliphatic hydroxyl groups is 1. The lowest BCUT2D eigenvalue weighted by atomic mass is 9.97. The highest BCUT2D eigenvalue weighted by Gasteiger charge is 2.38. The van der Waals surface area contributed by atoms with E-state index in [4.69, 9.17) is 37.3 Å². The minimum atomic E-state index is -1.74. The third kappa shape index (κ3) is 4.16. The summed E-state index contributed by atoms with van der Waals surface area (Å²) in [5.74, 6) is -0.852. The molecule has 1 fully saturated rings. The molecule has 0 atom stereocenters. The normalized spacial score (nSPS) is 14.0. The molecule has 3 heterocycles. The summed E-state index contributed by atoms with van der Waals surface area (Å²) in [4.78, 5) is 31.7. The van der Waals surface area contributed by atoms with Crippen molar-refractivity contribution in [1.29, 1.82) is 0 Å². The Labute approximate surface area is 210 Å². The number of carbonyl (C=O) groups excluding carboxylic acids is 2. The van der Waals surface area contributed by atoms with Crippen molar-refractivity contribution in [3.63, 3.8) is 0 Å². The third-order valence-corrected chi connectivity index (χ3v) is 6.31. The van der Waals surface area contributed by atoms with Crippen LogP contribution in [0.4, 0.5) is 10.5 Å². The summed E-state index contributed by atoms with van der Waals surface area (Å²) in [6.45, 7) is 3.10. The number of anilines is 1. The fourth-order valence-corrected chi connectivity index (χ4v) is 4.37. The van der Waals surface area contributed by atoms with Gasteiger partial charge in [0.25, 0.3) is 0 Å². The molecular formula is C26H20Cl2N2O5. The molecule has 1 aliphatic heterocycles. The van der Waals surface area contributed by atoms with Crippen molar-refractivity contribution >= 4 is 51.9 Å². The van der Waals surface area contributed by atoms with Gasteiger partial charge in [-0.25, -0.2) is 9.78 Å². The lowest BCUT2D eigenvalue weighted by molar-refractivity contribution is 0.0462. The van der Waals surface area contributed by atoms with Gasteiger partial charge in [0, 0.05) is 21.2 Å². The number of rotatable bonds is 5. The van der Waals surface area contributed by atoms with Crippen LogP contribution in [0.15, 0.2) is 59.0 Å². The van der Waals surface area contributed by atoms with Gasteiger partial charge in [-0.2, -0.15) is 0 Å². The van der Waals surface area contributed by atoms with E-state index < -0.39 is 17.5 Å². The van der Waals surface area contributed by atoms with Crippen LogP contribution >= 0.6 is 23.2 Å². The Morgan fingerprint density at radius 2 is 1.80 bits per heavy atom. The first-order valence-electron chi connectivity index (χ1n) is 10.8. The lowest BCUT2D eigenvalue weighted by Gasteiger charge is -2.17. The van der Waals surface area contributed by atoms with Crippen molar-refractivity contribution in [3.05, 3.63) is 70.4 Å². The summed E-state index contributed by atoms with van der Waals surface area (Å²) in [6, 6.07) is 16.3. The maximum Gasteiger partial charge on any atom is 0.414 e. The summed E-state index contributed by atoms with van der Waals surface area (Å²) in [7, 11) is 0. The van der Waals surface area contributed by atoms with Gasteiger partial charge in [-0.15, -0.1) is 0 Å². The highest BCUT2D eigenvalue weighted by Crippen LogP contribution is 2.43. The molecule has 9 heteroatoms. The maximum atomic E-state index is 13.1. The van der Waals surface area contributed by atoms with E-state index in [1.165, 1.54) is 18.7 Å². The van der Waals surface area contributed by atoms with E-state index in [0.29, 0.717) is 32.3 Å². The Bertz CT molecular complexity index is 1470. The predicted molar refractivity (Wildman–Crippen MR) is 134 cm³/mol. The fourth-order valence-electron chi connectivity index (χ4n) is 4.02. The van der Waals surface area contributed by atoms with Crippen LogP contribution in [-0.2, 0) is 4.74 Å². The highest BCUT2D eigenvalue weighted by atomic mass is 35.5. The summed E-state index contributed by atoms with van der Waals surface area (Å²) in [6.07, 6.45) is -0.610. The van der Waals surface area contributed by atoms with Gasteiger partial charge in [-0.1, -0.05) is 53.5 Å². The monoisotopic (exact) mass is 510 g/mol. The Kier molecular flexibility index (Phi) is 5.79. The second kappa shape index (κ2) is 8.68. The fraction of sp³-hybridized carbons (Fsp3) is 0.192. The number of Topliss-reactive ketones (excluding diaryl/α,β-unsaturated/α-hetero) is 1.